The minimum atomic E-state index is 0.256. The van der Waals surface area contributed by atoms with Crippen molar-refractivity contribution in [2.45, 2.75) is 13.8 Å². The van der Waals surface area contributed by atoms with Crippen molar-refractivity contribution in [2.75, 3.05) is 5.73 Å². The molecule has 1 heterocycles. The highest BCUT2D eigenvalue weighted by Gasteiger charge is 2.07. The normalized spacial score (nSPS) is 10.4. The first-order valence-corrected chi connectivity index (χ1v) is 5.31. The second-order valence-corrected chi connectivity index (χ2v) is 4.12. The van der Waals surface area contributed by atoms with Gasteiger partial charge >= 0.3 is 0 Å². The van der Waals surface area contributed by atoms with Crippen molar-refractivity contribution < 1.29 is 0 Å². The lowest BCUT2D eigenvalue weighted by Crippen LogP contribution is -1.96. The van der Waals surface area contributed by atoms with Crippen LogP contribution in [0.1, 0.15) is 11.1 Å². The van der Waals surface area contributed by atoms with Crippen LogP contribution < -0.4 is 5.73 Å². The molecule has 0 saturated carbocycles. The van der Waals surface area contributed by atoms with Crippen LogP contribution in [-0.4, -0.2) is 9.97 Å². The Bertz CT molecular complexity index is 538. The van der Waals surface area contributed by atoms with Gasteiger partial charge in [-0.3, -0.25) is 0 Å². The van der Waals surface area contributed by atoms with Crippen LogP contribution in [0.5, 0.6) is 0 Å². The molecule has 82 valence electrons. The van der Waals surface area contributed by atoms with E-state index in [-0.39, 0.29) is 5.95 Å². The van der Waals surface area contributed by atoms with Crippen LogP contribution in [0.3, 0.4) is 0 Å². The van der Waals surface area contributed by atoms with E-state index in [2.05, 4.69) is 9.97 Å². The Morgan fingerprint density at radius 3 is 2.56 bits per heavy atom. The minimum Gasteiger partial charge on any atom is -0.368 e. The van der Waals surface area contributed by atoms with Gasteiger partial charge in [-0.25, -0.2) is 9.97 Å². The molecular weight excluding hydrogens is 222 g/mol. The zero-order chi connectivity index (χ0) is 11.7. The van der Waals surface area contributed by atoms with Crippen LogP contribution in [-0.2, 0) is 0 Å². The molecule has 0 atom stereocenters. The molecule has 2 aromatic rings. The van der Waals surface area contributed by atoms with Gasteiger partial charge in [0.15, 0.2) is 0 Å². The van der Waals surface area contributed by atoms with Crippen LogP contribution in [0.15, 0.2) is 24.4 Å². The van der Waals surface area contributed by atoms with E-state index in [1.165, 1.54) is 5.56 Å². The summed E-state index contributed by atoms with van der Waals surface area (Å²) in [5, 5.41) is 0.682. The Hall–Kier alpha value is -1.61. The van der Waals surface area contributed by atoms with Crippen LogP contribution in [0.4, 0.5) is 5.95 Å². The zero-order valence-electron chi connectivity index (χ0n) is 9.16. The minimum absolute atomic E-state index is 0.256. The van der Waals surface area contributed by atoms with E-state index in [1.54, 1.807) is 12.3 Å². The number of nitrogen functional groups attached to an aromatic ring is 1. The molecule has 2 N–H and O–H groups in total. The van der Waals surface area contributed by atoms with E-state index in [4.69, 9.17) is 17.3 Å². The Kier molecular flexibility index (Phi) is 2.79. The number of nitrogens with two attached hydrogens (primary N) is 1. The van der Waals surface area contributed by atoms with Gasteiger partial charge in [-0.2, -0.15) is 0 Å². The van der Waals surface area contributed by atoms with Gasteiger partial charge in [-0.15, -0.1) is 0 Å². The predicted octanol–water partition coefficient (Wildman–Crippen LogP) is 3.00. The van der Waals surface area contributed by atoms with E-state index >= 15 is 0 Å². The molecular formula is C12H12ClN3. The number of nitrogens with zero attached hydrogens (tertiary/aromatic N) is 2. The van der Waals surface area contributed by atoms with Gasteiger partial charge in [-0.05, 0) is 43.2 Å². The molecule has 0 unspecified atom stereocenters. The van der Waals surface area contributed by atoms with E-state index < -0.39 is 0 Å². The van der Waals surface area contributed by atoms with Crippen molar-refractivity contribution in [3.8, 4) is 11.3 Å². The van der Waals surface area contributed by atoms with Crippen molar-refractivity contribution in [1.82, 2.24) is 9.97 Å². The number of aryl methyl sites for hydroxylation is 2. The molecule has 0 amide bonds. The second kappa shape index (κ2) is 4.10. The third kappa shape index (κ3) is 1.99. The third-order valence-corrected chi connectivity index (χ3v) is 2.85. The monoisotopic (exact) mass is 233 g/mol. The maximum atomic E-state index is 6.19. The molecule has 2 rings (SSSR count). The molecule has 16 heavy (non-hydrogen) atoms. The quantitative estimate of drug-likeness (QED) is 0.824. The lowest BCUT2D eigenvalue weighted by atomic mass is 10.0. The summed E-state index contributed by atoms with van der Waals surface area (Å²) >= 11 is 6.19. The molecule has 0 aliphatic heterocycles. The van der Waals surface area contributed by atoms with Gasteiger partial charge in [0.2, 0.25) is 5.95 Å². The predicted molar refractivity (Wildman–Crippen MR) is 66.4 cm³/mol. The maximum Gasteiger partial charge on any atom is 0.220 e. The molecule has 0 aliphatic carbocycles. The van der Waals surface area contributed by atoms with Gasteiger partial charge in [0.1, 0.15) is 0 Å². The molecule has 0 aliphatic rings. The van der Waals surface area contributed by atoms with Gasteiger partial charge in [0, 0.05) is 11.8 Å². The summed E-state index contributed by atoms with van der Waals surface area (Å²) in [5.74, 6) is 0.256. The highest BCUT2D eigenvalue weighted by Crippen LogP contribution is 2.29. The van der Waals surface area contributed by atoms with Crippen molar-refractivity contribution in [1.29, 1.82) is 0 Å². The van der Waals surface area contributed by atoms with Crippen molar-refractivity contribution in [2.24, 2.45) is 0 Å². The summed E-state index contributed by atoms with van der Waals surface area (Å²) in [4.78, 5) is 8.02. The molecule has 0 saturated heterocycles. The Labute approximate surface area is 99.3 Å². The standard InChI is InChI=1S/C12H12ClN3/c1-7-5-9(10(13)6-8(7)2)11-3-4-15-12(14)16-11/h3-6H,1-2H3,(H2,14,15,16). The first kappa shape index (κ1) is 10.9. The number of anilines is 1. The fourth-order valence-corrected chi connectivity index (χ4v) is 1.82. The number of halogens is 1. The number of benzene rings is 1. The first-order chi connectivity index (χ1) is 7.58. The van der Waals surface area contributed by atoms with E-state index in [0.717, 1.165) is 16.8 Å². The van der Waals surface area contributed by atoms with Crippen LogP contribution >= 0.6 is 11.6 Å². The fourth-order valence-electron chi connectivity index (χ4n) is 1.50. The Morgan fingerprint density at radius 1 is 1.19 bits per heavy atom. The smallest absolute Gasteiger partial charge is 0.220 e. The Balaban J connectivity index is 2.60. The van der Waals surface area contributed by atoms with Crippen LogP contribution in [0.25, 0.3) is 11.3 Å². The number of aromatic nitrogens is 2. The molecule has 0 spiro atoms. The van der Waals surface area contributed by atoms with E-state index in [9.17, 15) is 0 Å². The number of rotatable bonds is 1. The zero-order valence-corrected chi connectivity index (χ0v) is 9.92. The lowest BCUT2D eigenvalue weighted by molar-refractivity contribution is 1.19. The summed E-state index contributed by atoms with van der Waals surface area (Å²) in [5.41, 5.74) is 9.53. The first-order valence-electron chi connectivity index (χ1n) is 4.93. The van der Waals surface area contributed by atoms with Crippen LogP contribution in [0.2, 0.25) is 5.02 Å². The van der Waals surface area contributed by atoms with Gasteiger partial charge in [-0.1, -0.05) is 11.6 Å². The molecule has 0 bridgehead atoms. The van der Waals surface area contributed by atoms with Crippen molar-refractivity contribution >= 4 is 17.5 Å². The average molecular weight is 234 g/mol. The van der Waals surface area contributed by atoms with Crippen LogP contribution in [0, 0.1) is 13.8 Å². The largest absolute Gasteiger partial charge is 0.368 e. The topological polar surface area (TPSA) is 51.8 Å². The average Bonchev–Trinajstić information content (AvgIpc) is 2.23. The van der Waals surface area contributed by atoms with Crippen molar-refractivity contribution in [3.63, 3.8) is 0 Å². The SMILES string of the molecule is Cc1cc(Cl)c(-c2ccnc(N)n2)cc1C. The summed E-state index contributed by atoms with van der Waals surface area (Å²) < 4.78 is 0. The van der Waals surface area contributed by atoms with E-state index in [1.807, 2.05) is 26.0 Å². The summed E-state index contributed by atoms with van der Waals surface area (Å²) in [6, 6.07) is 5.75. The number of hydrogen-bond acceptors (Lipinski definition) is 3. The molecule has 3 nitrogen and oxygen atoms in total. The maximum absolute atomic E-state index is 6.19. The van der Waals surface area contributed by atoms with E-state index in [0.29, 0.717) is 5.02 Å². The van der Waals surface area contributed by atoms with Gasteiger partial charge in [0.25, 0.3) is 0 Å². The van der Waals surface area contributed by atoms with Gasteiger partial charge < -0.3 is 5.73 Å². The van der Waals surface area contributed by atoms with Gasteiger partial charge in [0.05, 0.1) is 10.7 Å². The molecule has 1 aromatic heterocycles. The summed E-state index contributed by atoms with van der Waals surface area (Å²) in [6.07, 6.45) is 1.63. The molecule has 0 fully saturated rings. The highest BCUT2D eigenvalue weighted by molar-refractivity contribution is 6.33. The fraction of sp³-hybridized carbons (Fsp3) is 0.167. The molecule has 1 aromatic carbocycles. The molecule has 4 heteroatoms. The molecule has 0 radical (unpaired) electrons. The third-order valence-electron chi connectivity index (χ3n) is 2.53. The lowest BCUT2D eigenvalue weighted by Gasteiger charge is -2.07. The second-order valence-electron chi connectivity index (χ2n) is 3.72. The summed E-state index contributed by atoms with van der Waals surface area (Å²) in [6.45, 7) is 4.07. The highest BCUT2D eigenvalue weighted by atomic mass is 35.5. The Morgan fingerprint density at radius 2 is 1.88 bits per heavy atom. The number of hydrogen-bond donors (Lipinski definition) is 1. The summed E-state index contributed by atoms with van der Waals surface area (Å²) in [7, 11) is 0. The van der Waals surface area contributed by atoms with Crippen molar-refractivity contribution in [3.05, 3.63) is 40.5 Å².